The number of methoxy groups -OCH3 is 1. The van der Waals surface area contributed by atoms with E-state index in [9.17, 15) is 23.8 Å². The molecule has 4 nitrogen and oxygen atoms in total. The highest BCUT2D eigenvalue weighted by Crippen LogP contribution is 2.39. The Balaban J connectivity index is 2.39. The van der Waals surface area contributed by atoms with Gasteiger partial charge < -0.3 is 14.9 Å². The Morgan fingerprint density at radius 3 is 2.35 bits per heavy atom. The van der Waals surface area contributed by atoms with Crippen LogP contribution in [0.2, 0.25) is 0 Å². The van der Waals surface area contributed by atoms with Crippen LogP contribution >= 0.6 is 0 Å². The van der Waals surface area contributed by atoms with Crippen LogP contribution in [-0.2, 0) is 16.6 Å². The van der Waals surface area contributed by atoms with Gasteiger partial charge in [0.05, 0.1) is 7.11 Å². The summed E-state index contributed by atoms with van der Waals surface area (Å²) in [5.41, 5.74) is -2.28. The number of hydrogen-bond acceptors (Lipinski definition) is 3. The quantitative estimate of drug-likeness (QED) is 0.786. The Bertz CT molecular complexity index is 804. The molecule has 0 amide bonds. The van der Waals surface area contributed by atoms with Gasteiger partial charge in [0.15, 0.2) is 5.60 Å². The molecule has 0 aliphatic rings. The maximum absolute atomic E-state index is 13.7. The smallest absolute Gasteiger partial charge is 0.336 e. The van der Waals surface area contributed by atoms with Crippen molar-refractivity contribution in [3.05, 3.63) is 65.2 Å². The lowest BCUT2D eigenvalue weighted by atomic mass is 9.73. The van der Waals surface area contributed by atoms with Crippen LogP contribution < -0.4 is 4.74 Å². The van der Waals surface area contributed by atoms with Gasteiger partial charge >= 0.3 is 5.97 Å². The first-order chi connectivity index (χ1) is 12.1. The molecule has 0 heterocycles. The number of aliphatic carboxylic acids is 1. The fraction of sp³-hybridized carbons (Fsp3) is 0.350. The van der Waals surface area contributed by atoms with E-state index in [-0.39, 0.29) is 12.8 Å². The van der Waals surface area contributed by atoms with E-state index in [1.54, 1.807) is 19.9 Å². The maximum atomic E-state index is 13.7. The highest BCUT2D eigenvalue weighted by atomic mass is 19.1. The average molecular weight is 364 g/mol. The summed E-state index contributed by atoms with van der Waals surface area (Å²) >= 11 is 0. The molecule has 2 N–H and O–H groups in total. The monoisotopic (exact) mass is 364 g/mol. The van der Waals surface area contributed by atoms with Gasteiger partial charge in [-0.2, -0.15) is 0 Å². The minimum Gasteiger partial charge on any atom is -0.496 e. The van der Waals surface area contributed by atoms with Crippen molar-refractivity contribution in [2.75, 3.05) is 7.11 Å². The van der Waals surface area contributed by atoms with E-state index in [0.717, 1.165) is 0 Å². The first kappa shape index (κ1) is 19.8. The molecule has 26 heavy (non-hydrogen) atoms. The van der Waals surface area contributed by atoms with E-state index in [1.807, 2.05) is 0 Å². The number of carboxylic acids is 1. The van der Waals surface area contributed by atoms with Crippen LogP contribution in [0.25, 0.3) is 0 Å². The molecule has 2 aromatic carbocycles. The third kappa shape index (κ3) is 4.38. The van der Waals surface area contributed by atoms with Gasteiger partial charge in [0.2, 0.25) is 0 Å². The minimum absolute atomic E-state index is 0.217. The van der Waals surface area contributed by atoms with Crippen molar-refractivity contribution >= 4 is 5.97 Å². The molecule has 6 heteroatoms. The van der Waals surface area contributed by atoms with Crippen LogP contribution in [0.3, 0.4) is 0 Å². The third-order valence-electron chi connectivity index (χ3n) is 4.41. The van der Waals surface area contributed by atoms with Crippen molar-refractivity contribution in [2.24, 2.45) is 0 Å². The lowest BCUT2D eigenvalue weighted by molar-refractivity contribution is -0.160. The van der Waals surface area contributed by atoms with E-state index in [0.29, 0.717) is 16.9 Å². The molecule has 0 aromatic heterocycles. The summed E-state index contributed by atoms with van der Waals surface area (Å²) in [6.45, 7) is 3.40. The average Bonchev–Trinajstić information content (AvgIpc) is 2.54. The van der Waals surface area contributed by atoms with Crippen LogP contribution in [0.1, 0.15) is 31.4 Å². The molecule has 0 fully saturated rings. The number of carboxylic acid groups (broad SMARTS) is 1. The number of ether oxygens (including phenoxy) is 1. The second-order valence-electron chi connectivity index (χ2n) is 7.05. The molecule has 0 saturated carbocycles. The van der Waals surface area contributed by atoms with Crippen molar-refractivity contribution < 1.29 is 28.5 Å². The van der Waals surface area contributed by atoms with Crippen LogP contribution in [0.15, 0.2) is 42.5 Å². The Kier molecular flexibility index (Phi) is 5.66. The Hall–Kier alpha value is -2.47. The van der Waals surface area contributed by atoms with E-state index < -0.39 is 28.6 Å². The number of halogens is 2. The van der Waals surface area contributed by atoms with E-state index in [1.165, 1.54) is 43.5 Å². The van der Waals surface area contributed by atoms with Crippen LogP contribution in [0.5, 0.6) is 5.75 Å². The Labute approximate surface area is 151 Å². The summed E-state index contributed by atoms with van der Waals surface area (Å²) in [5, 5.41) is 20.4. The van der Waals surface area contributed by atoms with Gasteiger partial charge in [-0.3, -0.25) is 0 Å². The molecule has 0 spiro atoms. The largest absolute Gasteiger partial charge is 0.496 e. The summed E-state index contributed by atoms with van der Waals surface area (Å²) in [5.74, 6) is -2.03. The van der Waals surface area contributed by atoms with Crippen LogP contribution in [0, 0.1) is 11.6 Å². The zero-order valence-corrected chi connectivity index (χ0v) is 14.9. The Morgan fingerprint density at radius 2 is 1.77 bits per heavy atom. The van der Waals surface area contributed by atoms with Crippen molar-refractivity contribution in [3.63, 3.8) is 0 Å². The second-order valence-corrected chi connectivity index (χ2v) is 7.05. The molecule has 140 valence electrons. The van der Waals surface area contributed by atoms with Gasteiger partial charge in [-0.05, 0) is 47.7 Å². The van der Waals surface area contributed by atoms with Crippen molar-refractivity contribution in [2.45, 2.75) is 37.7 Å². The minimum atomic E-state index is -2.16. The van der Waals surface area contributed by atoms with Gasteiger partial charge in [0.1, 0.15) is 17.4 Å². The summed E-state index contributed by atoms with van der Waals surface area (Å²) in [7, 11) is 1.43. The molecule has 1 unspecified atom stereocenters. The van der Waals surface area contributed by atoms with Crippen LogP contribution in [-0.4, -0.2) is 28.9 Å². The molecule has 0 radical (unpaired) electrons. The van der Waals surface area contributed by atoms with Gasteiger partial charge in [-0.1, -0.05) is 26.0 Å². The summed E-state index contributed by atoms with van der Waals surface area (Å²) in [4.78, 5) is 11.8. The predicted molar refractivity (Wildman–Crippen MR) is 93.3 cm³/mol. The third-order valence-corrected chi connectivity index (χ3v) is 4.41. The number of benzene rings is 2. The number of rotatable bonds is 7. The molecule has 2 aromatic rings. The number of hydrogen-bond donors (Lipinski definition) is 2. The maximum Gasteiger partial charge on any atom is 0.336 e. The zero-order valence-electron chi connectivity index (χ0n) is 14.9. The van der Waals surface area contributed by atoms with E-state index in [2.05, 4.69) is 0 Å². The molecular weight excluding hydrogens is 342 g/mol. The lowest BCUT2D eigenvalue weighted by Crippen LogP contribution is -2.45. The number of carbonyl (C=O) groups is 1. The topological polar surface area (TPSA) is 66.8 Å². The standard InChI is InChI=1S/C20H22F2O4/c1-19(2,16-10-15(22)7-8-17(16)26-3)12-20(25,18(23)24)11-13-5-4-6-14(21)9-13/h4-10,25H,11-12H2,1-3H3,(H,23,24). The molecular formula is C20H22F2O4. The van der Waals surface area contributed by atoms with Crippen molar-refractivity contribution in [1.82, 2.24) is 0 Å². The summed E-state index contributed by atoms with van der Waals surface area (Å²) in [6, 6.07) is 9.39. The summed E-state index contributed by atoms with van der Waals surface area (Å²) in [6.07, 6.45) is -0.493. The van der Waals surface area contributed by atoms with Gasteiger partial charge in [0, 0.05) is 12.0 Å². The highest BCUT2D eigenvalue weighted by Gasteiger charge is 2.43. The van der Waals surface area contributed by atoms with E-state index in [4.69, 9.17) is 4.74 Å². The Morgan fingerprint density at radius 1 is 1.12 bits per heavy atom. The fourth-order valence-corrected chi connectivity index (χ4v) is 3.23. The van der Waals surface area contributed by atoms with Crippen molar-refractivity contribution in [1.29, 1.82) is 0 Å². The predicted octanol–water partition coefficient (Wildman–Crippen LogP) is 3.70. The molecule has 1 atom stereocenters. The van der Waals surface area contributed by atoms with Gasteiger partial charge in [0.25, 0.3) is 0 Å². The van der Waals surface area contributed by atoms with Crippen LogP contribution in [0.4, 0.5) is 8.78 Å². The molecule has 2 rings (SSSR count). The fourth-order valence-electron chi connectivity index (χ4n) is 3.23. The summed E-state index contributed by atoms with van der Waals surface area (Å²) < 4.78 is 32.4. The van der Waals surface area contributed by atoms with Gasteiger partial charge in [-0.15, -0.1) is 0 Å². The van der Waals surface area contributed by atoms with Crippen molar-refractivity contribution in [3.8, 4) is 5.75 Å². The molecule has 0 saturated heterocycles. The SMILES string of the molecule is COc1ccc(F)cc1C(C)(C)CC(O)(Cc1cccc(F)c1)C(=O)O. The normalized spacial score (nSPS) is 13.9. The van der Waals surface area contributed by atoms with E-state index >= 15 is 0 Å². The first-order valence-electron chi connectivity index (χ1n) is 8.12. The molecule has 0 aliphatic carbocycles. The molecule has 0 bridgehead atoms. The highest BCUT2D eigenvalue weighted by molar-refractivity contribution is 5.78. The molecule has 0 aliphatic heterocycles. The van der Waals surface area contributed by atoms with Gasteiger partial charge in [-0.25, -0.2) is 13.6 Å². The lowest BCUT2D eigenvalue weighted by Gasteiger charge is -2.34. The number of aliphatic hydroxyl groups is 1. The first-order valence-corrected chi connectivity index (χ1v) is 8.12. The zero-order chi connectivity index (χ0) is 19.5. The second kappa shape index (κ2) is 7.41.